The van der Waals surface area contributed by atoms with E-state index in [1.165, 1.54) is 99.2 Å². The number of ether oxygens (including phenoxy) is 1. The molecule has 1 aliphatic carbocycles. The first kappa shape index (κ1) is 61.0. The maximum absolute atomic E-state index is 13.2. The van der Waals surface area contributed by atoms with Crippen molar-refractivity contribution in [1.82, 2.24) is 25.2 Å². The maximum Gasteiger partial charge on any atom is 0.419 e. The second-order valence-electron chi connectivity index (χ2n) is 18.9. The summed E-state index contributed by atoms with van der Waals surface area (Å²) in [5, 5.41) is 15.5. The molecule has 0 radical (unpaired) electrons. The molecule has 0 spiro atoms. The van der Waals surface area contributed by atoms with Crippen LogP contribution in [0.15, 0.2) is 74.7 Å². The summed E-state index contributed by atoms with van der Waals surface area (Å²) in [5.41, 5.74) is 17.2. The van der Waals surface area contributed by atoms with Crippen molar-refractivity contribution in [2.75, 3.05) is 44.3 Å². The second-order valence-corrected chi connectivity index (χ2v) is 18.9. The molecule has 8 N–H and O–H groups in total. The number of methoxy groups -OCH3 is 1. The number of aryl methyl sites for hydroxylation is 5. The van der Waals surface area contributed by atoms with Crippen molar-refractivity contribution in [3.05, 3.63) is 127 Å². The van der Waals surface area contributed by atoms with Crippen LogP contribution in [0.1, 0.15) is 156 Å². The van der Waals surface area contributed by atoms with Crippen molar-refractivity contribution < 1.29 is 37.4 Å². The molecule has 3 aromatic heterocycles. The number of rotatable bonds is 23. The van der Waals surface area contributed by atoms with Crippen LogP contribution in [0.25, 0.3) is 10.9 Å². The molecule has 18 heteroatoms. The van der Waals surface area contributed by atoms with Gasteiger partial charge in [-0.1, -0.05) is 84.3 Å². The van der Waals surface area contributed by atoms with Crippen molar-refractivity contribution in [2.45, 2.75) is 161 Å². The number of carbonyl (C=O) groups excluding carboxylic acids is 2. The number of nitrogens with one attached hydrogen (secondary N) is 3. The Bertz CT molecular complexity index is 2670. The van der Waals surface area contributed by atoms with Crippen molar-refractivity contribution in [2.24, 2.45) is 5.73 Å². The van der Waals surface area contributed by atoms with Gasteiger partial charge in [0.05, 0.1) is 23.6 Å². The molecule has 0 unspecified atom stereocenters. The van der Waals surface area contributed by atoms with Gasteiger partial charge in [0, 0.05) is 29.3 Å². The third-order valence-corrected chi connectivity index (χ3v) is 13.4. The molecule has 75 heavy (non-hydrogen) atoms. The summed E-state index contributed by atoms with van der Waals surface area (Å²) in [7, 11) is 1.38. The standard InChI is InChI=1S/C25H32FN3O3.C18H29N3O2.C8H4FNO3.C6H15N/c26-18-13-15-20(21(27)16-18)24(30)29-23(25(31)32)11-5-3-1-2-4-9-19-14-12-17-8-6-7-10-22(17)28-19;1-23-18(22)16(19)10-6-4-2-3-5-9-15-12-11-14-8-7-13-20-17(14)21-15;9-4-1-2-5-6(3-4)10-8(12)13-7(5)11;1-4-7(5-2)6-3/h12-16,23H,1-11,27H2,(H,29,30)(H,31,32);11-12,16H,2-10,13,19H2,1H3,(H,20,21);1-3H,(H,10,12);4-6H2,1-3H3/t23-;16-;;/m00../s1. The third kappa shape index (κ3) is 21.7. The SMILES string of the molecule is CCN(CC)CC.COC(=O)[C@@H](N)CCCCCCCc1ccc2c(n1)NCCC2.Nc1cc(F)ccc1C(=O)N[C@@H](CCCCCCCc1ccc2c(n1)CCCC2)C(=O)O.O=c1[nH]c2cc(F)ccc2c(=O)o1. The number of amides is 1. The molecule has 0 saturated carbocycles. The van der Waals surface area contributed by atoms with Crippen LogP contribution in [0.4, 0.5) is 20.3 Å². The van der Waals surface area contributed by atoms with Gasteiger partial charge in [-0.15, -0.1) is 0 Å². The minimum Gasteiger partial charge on any atom is -0.480 e. The molecule has 2 aliphatic rings. The molecule has 7 rings (SSSR count). The van der Waals surface area contributed by atoms with Gasteiger partial charge >= 0.3 is 23.3 Å². The Morgan fingerprint density at radius 1 is 0.760 bits per heavy atom. The molecule has 0 bridgehead atoms. The molecule has 1 amide bonds. The number of nitrogen functional groups attached to an aromatic ring is 1. The number of aromatic amines is 1. The number of carboxylic acid groups (broad SMARTS) is 1. The number of hydrogen-bond acceptors (Lipinski definition) is 13. The topological polar surface area (TPSA) is 249 Å². The van der Waals surface area contributed by atoms with Gasteiger partial charge in [-0.2, -0.15) is 0 Å². The number of pyridine rings is 2. The summed E-state index contributed by atoms with van der Waals surface area (Å²) < 4.78 is 34.7. The van der Waals surface area contributed by atoms with Gasteiger partial charge in [-0.3, -0.25) is 19.6 Å². The van der Waals surface area contributed by atoms with E-state index in [-0.39, 0.29) is 28.1 Å². The summed E-state index contributed by atoms with van der Waals surface area (Å²) in [6, 6.07) is 14.2. The van der Waals surface area contributed by atoms with Gasteiger partial charge in [-0.25, -0.2) is 28.1 Å². The highest BCUT2D eigenvalue weighted by molar-refractivity contribution is 6.00. The van der Waals surface area contributed by atoms with E-state index >= 15 is 0 Å². The first-order valence-electron chi connectivity index (χ1n) is 26.8. The average Bonchev–Trinajstić information content (AvgIpc) is 3.40. The number of fused-ring (bicyclic) bond motifs is 3. The van der Waals surface area contributed by atoms with Gasteiger partial charge in [0.25, 0.3) is 5.91 Å². The highest BCUT2D eigenvalue weighted by Gasteiger charge is 2.22. The molecule has 0 saturated heterocycles. The number of nitrogens with zero attached hydrogens (tertiary/aromatic N) is 3. The van der Waals surface area contributed by atoms with Crippen LogP contribution in [-0.4, -0.2) is 88.2 Å². The Balaban J connectivity index is 0.000000244. The number of carbonyl (C=O) groups is 3. The lowest BCUT2D eigenvalue weighted by molar-refractivity contribution is -0.142. The predicted molar refractivity (Wildman–Crippen MR) is 291 cm³/mol. The Hall–Kier alpha value is -6.53. The molecular formula is C57H80F2N8O8. The van der Waals surface area contributed by atoms with Crippen LogP contribution in [0.3, 0.4) is 0 Å². The fraction of sp³-hybridized carbons (Fsp3) is 0.526. The lowest BCUT2D eigenvalue weighted by Gasteiger charge is -2.17. The number of hydrogen-bond donors (Lipinski definition) is 6. The Morgan fingerprint density at radius 3 is 1.99 bits per heavy atom. The molecular weight excluding hydrogens is 963 g/mol. The monoisotopic (exact) mass is 1040 g/mol. The number of nitrogens with two attached hydrogens (primary N) is 2. The summed E-state index contributed by atoms with van der Waals surface area (Å²) in [5.74, 6) is -2.86. The highest BCUT2D eigenvalue weighted by atomic mass is 19.1. The summed E-state index contributed by atoms with van der Waals surface area (Å²) >= 11 is 0. The van der Waals surface area contributed by atoms with Crippen molar-refractivity contribution in [1.29, 1.82) is 0 Å². The molecule has 1 aliphatic heterocycles. The van der Waals surface area contributed by atoms with Gasteiger partial charge in [0.1, 0.15) is 29.5 Å². The van der Waals surface area contributed by atoms with Crippen molar-refractivity contribution in [3.8, 4) is 0 Å². The number of anilines is 2. The zero-order valence-electron chi connectivity index (χ0n) is 44.5. The molecule has 4 heterocycles. The van der Waals surface area contributed by atoms with E-state index in [9.17, 15) is 37.9 Å². The number of aliphatic carboxylic acids is 1. The Morgan fingerprint density at radius 2 is 1.35 bits per heavy atom. The fourth-order valence-corrected chi connectivity index (χ4v) is 8.91. The lowest BCUT2D eigenvalue weighted by atomic mass is 9.95. The molecule has 2 aromatic carbocycles. The van der Waals surface area contributed by atoms with Crippen LogP contribution < -0.4 is 33.5 Å². The van der Waals surface area contributed by atoms with E-state index in [0.717, 1.165) is 114 Å². The fourth-order valence-electron chi connectivity index (χ4n) is 8.91. The molecule has 5 aromatic rings. The molecule has 2 atom stereocenters. The average molecular weight is 1040 g/mol. The van der Waals surface area contributed by atoms with Crippen LogP contribution in [0, 0.1) is 11.6 Å². The van der Waals surface area contributed by atoms with Crippen molar-refractivity contribution in [3.63, 3.8) is 0 Å². The lowest BCUT2D eigenvalue weighted by Crippen LogP contribution is -2.41. The quantitative estimate of drug-likeness (QED) is 0.0203. The summed E-state index contributed by atoms with van der Waals surface area (Å²) in [4.78, 5) is 70.8. The van der Waals surface area contributed by atoms with Gasteiger partial charge in [0.15, 0.2) is 0 Å². The van der Waals surface area contributed by atoms with Crippen LogP contribution in [-0.2, 0) is 46.4 Å². The third-order valence-electron chi connectivity index (χ3n) is 13.4. The number of H-pyrrole nitrogens is 1. The van der Waals surface area contributed by atoms with Crippen LogP contribution in [0.5, 0.6) is 0 Å². The Labute approximate surface area is 439 Å². The Kier molecular flexibility index (Phi) is 27.2. The molecule has 410 valence electrons. The van der Waals surface area contributed by atoms with E-state index < -0.39 is 47.0 Å². The first-order chi connectivity index (χ1) is 36.1. The largest absolute Gasteiger partial charge is 0.480 e. The highest BCUT2D eigenvalue weighted by Crippen LogP contribution is 2.22. The zero-order valence-corrected chi connectivity index (χ0v) is 44.5. The number of esters is 1. The maximum atomic E-state index is 13.2. The summed E-state index contributed by atoms with van der Waals surface area (Å²) in [6.07, 6.45) is 20.5. The minimum atomic E-state index is -1.09. The molecule has 0 fully saturated rings. The number of benzene rings is 2. The van der Waals surface area contributed by atoms with Crippen molar-refractivity contribution >= 4 is 40.3 Å². The molecule has 16 nitrogen and oxygen atoms in total. The summed E-state index contributed by atoms with van der Waals surface area (Å²) in [6.45, 7) is 11.2. The number of carboxylic acids is 1. The van der Waals surface area contributed by atoms with E-state index in [0.29, 0.717) is 19.3 Å². The number of aromatic nitrogens is 3. The van der Waals surface area contributed by atoms with E-state index in [1.54, 1.807) is 0 Å². The first-order valence-corrected chi connectivity index (χ1v) is 26.8. The van der Waals surface area contributed by atoms with E-state index in [2.05, 4.69) is 74.7 Å². The van der Waals surface area contributed by atoms with Crippen LogP contribution in [0.2, 0.25) is 0 Å². The smallest absolute Gasteiger partial charge is 0.419 e. The van der Waals surface area contributed by atoms with E-state index in [1.807, 2.05) is 0 Å². The van der Waals surface area contributed by atoms with E-state index in [4.69, 9.17) is 21.4 Å². The van der Waals surface area contributed by atoms with Gasteiger partial charge < -0.3 is 41.3 Å². The second kappa shape index (κ2) is 33.4. The van der Waals surface area contributed by atoms with Crippen LogP contribution >= 0.6 is 0 Å². The number of unbranched alkanes of at least 4 members (excludes halogenated alkanes) is 8. The normalized spacial score (nSPS) is 13.2. The predicted octanol–water partition coefficient (Wildman–Crippen LogP) is 9.24. The minimum absolute atomic E-state index is 0.0138. The zero-order chi connectivity index (χ0) is 54.5. The van der Waals surface area contributed by atoms with Gasteiger partial charge in [0.2, 0.25) is 0 Å². The number of halogens is 2. The van der Waals surface area contributed by atoms with Gasteiger partial charge in [-0.05, 0) is 156 Å².